The Morgan fingerprint density at radius 1 is 1.26 bits per heavy atom. The van der Waals surface area contributed by atoms with Crippen molar-refractivity contribution in [1.82, 2.24) is 24.6 Å². The average Bonchev–Trinajstić information content (AvgIpc) is 3.42. The van der Waals surface area contributed by atoms with E-state index in [2.05, 4.69) is 31.7 Å². The van der Waals surface area contributed by atoms with Gasteiger partial charge in [-0.25, -0.2) is 14.6 Å². The summed E-state index contributed by atoms with van der Waals surface area (Å²) < 4.78 is 7.38. The molecule has 0 spiro atoms. The molecule has 0 bridgehead atoms. The summed E-state index contributed by atoms with van der Waals surface area (Å²) >= 11 is 0. The molecule has 4 heterocycles. The lowest BCUT2D eigenvalue weighted by Gasteiger charge is -2.26. The van der Waals surface area contributed by atoms with Crippen LogP contribution < -0.4 is 10.6 Å². The third kappa shape index (κ3) is 4.71. The van der Waals surface area contributed by atoms with Crippen LogP contribution in [0.5, 0.6) is 0 Å². The summed E-state index contributed by atoms with van der Waals surface area (Å²) in [6, 6.07) is 9.93. The van der Waals surface area contributed by atoms with Crippen LogP contribution in [-0.2, 0) is 16.7 Å². The number of nitrogens with one attached hydrogen (secondary N) is 2. The Kier molecular flexibility index (Phi) is 6.38. The van der Waals surface area contributed by atoms with Crippen molar-refractivity contribution >= 4 is 17.5 Å². The molecule has 2 aliphatic heterocycles. The van der Waals surface area contributed by atoms with Gasteiger partial charge < -0.3 is 20.5 Å². The topological polar surface area (TPSA) is 124 Å². The Labute approximate surface area is 204 Å². The number of aliphatic hydroxyl groups is 1. The van der Waals surface area contributed by atoms with Crippen LogP contribution in [0.1, 0.15) is 23.7 Å². The minimum Gasteiger partial charge on any atom is -0.395 e. The molecule has 10 heteroatoms. The van der Waals surface area contributed by atoms with Gasteiger partial charge in [-0.3, -0.25) is 4.90 Å². The van der Waals surface area contributed by atoms with Crippen LogP contribution in [0.4, 0.5) is 17.5 Å². The highest BCUT2D eigenvalue weighted by Gasteiger charge is 2.36. The number of nitriles is 1. The first-order chi connectivity index (χ1) is 17.0. The first-order valence-corrected chi connectivity index (χ1v) is 11.9. The summed E-state index contributed by atoms with van der Waals surface area (Å²) in [5.74, 6) is 1.29. The fourth-order valence-electron chi connectivity index (χ4n) is 4.64. The van der Waals surface area contributed by atoms with Crippen molar-refractivity contribution in [2.75, 3.05) is 56.6 Å². The fraction of sp³-hybridized carbons (Fsp3) is 0.440. The van der Waals surface area contributed by atoms with Crippen LogP contribution in [0.25, 0.3) is 11.3 Å². The highest BCUT2D eigenvalue weighted by Crippen LogP contribution is 2.41. The molecule has 0 radical (unpaired) electrons. The molecule has 0 saturated carbocycles. The summed E-state index contributed by atoms with van der Waals surface area (Å²) in [5.41, 5.74) is 4.24. The summed E-state index contributed by atoms with van der Waals surface area (Å²) in [6.07, 6.45) is 1.70. The van der Waals surface area contributed by atoms with Gasteiger partial charge >= 0.3 is 0 Å². The third-order valence-corrected chi connectivity index (χ3v) is 6.74. The lowest BCUT2D eigenvalue weighted by Crippen LogP contribution is -2.38. The maximum atomic E-state index is 9.98. The number of nitrogens with zero attached hydrogens (tertiary/aromatic N) is 6. The molecule has 0 amide bonds. The molecule has 10 nitrogen and oxygen atoms in total. The second kappa shape index (κ2) is 9.62. The molecular formula is C25H30N8O2. The first-order valence-electron chi connectivity index (χ1n) is 11.9. The average molecular weight is 475 g/mol. The molecule has 2 aromatic heterocycles. The normalized spacial score (nSPS) is 19.7. The zero-order chi connectivity index (χ0) is 24.4. The Hall–Kier alpha value is -3.52. The first kappa shape index (κ1) is 23.2. The van der Waals surface area contributed by atoms with Gasteiger partial charge in [0, 0.05) is 49.4 Å². The van der Waals surface area contributed by atoms with Crippen LogP contribution in [0.2, 0.25) is 0 Å². The summed E-state index contributed by atoms with van der Waals surface area (Å²) in [7, 11) is 0. The standard InChI is InChI=1S/C25H30N8O2/c1-17-11-22(33(31-17)6-5-32-7-9-35-10-8-32)30-24-27-4-3-21(29-24)18-12-19(14-26)23-20(13-18)25(2,16-34)15-28-23/h3-4,11-13,28,34H,5-10,15-16H2,1-2H3,(H,27,29,30)/t25-/m1/s1. The summed E-state index contributed by atoms with van der Waals surface area (Å²) in [6.45, 7) is 9.59. The Morgan fingerprint density at radius 3 is 2.86 bits per heavy atom. The van der Waals surface area contributed by atoms with Gasteiger partial charge in [-0.05, 0) is 30.7 Å². The lowest BCUT2D eigenvalue weighted by molar-refractivity contribution is 0.0360. The molecule has 0 aliphatic carbocycles. The van der Waals surface area contributed by atoms with Crippen LogP contribution in [0.15, 0.2) is 30.5 Å². The quantitative estimate of drug-likeness (QED) is 0.473. The zero-order valence-electron chi connectivity index (χ0n) is 20.1. The SMILES string of the molecule is Cc1cc(Nc2nccc(-c3cc(C#N)c4c(c3)[C@@](C)(CO)CN4)n2)n(CCN2CCOCC2)n1. The molecule has 3 aromatic rings. The molecule has 2 aliphatic rings. The van der Waals surface area contributed by atoms with Gasteiger partial charge in [0.2, 0.25) is 5.95 Å². The number of aliphatic hydroxyl groups excluding tert-OH is 1. The van der Waals surface area contributed by atoms with Gasteiger partial charge in [0.1, 0.15) is 11.9 Å². The second-order valence-electron chi connectivity index (χ2n) is 9.37. The largest absolute Gasteiger partial charge is 0.395 e. The van der Waals surface area contributed by atoms with Crippen molar-refractivity contribution in [3.63, 3.8) is 0 Å². The number of aryl methyl sites for hydroxylation is 1. The smallest absolute Gasteiger partial charge is 0.228 e. The number of morpholine rings is 1. The predicted molar refractivity (Wildman–Crippen MR) is 133 cm³/mol. The molecule has 1 atom stereocenters. The molecule has 1 fully saturated rings. The lowest BCUT2D eigenvalue weighted by atomic mass is 9.83. The molecule has 3 N–H and O–H groups in total. The monoisotopic (exact) mass is 474 g/mol. The molecule has 0 unspecified atom stereocenters. The zero-order valence-corrected chi connectivity index (χ0v) is 20.1. The van der Waals surface area contributed by atoms with Crippen molar-refractivity contribution < 1.29 is 9.84 Å². The van der Waals surface area contributed by atoms with E-state index in [0.717, 1.165) is 67.7 Å². The number of hydrogen-bond acceptors (Lipinski definition) is 9. The van der Waals surface area contributed by atoms with E-state index in [0.29, 0.717) is 23.8 Å². The highest BCUT2D eigenvalue weighted by molar-refractivity contribution is 5.76. The third-order valence-electron chi connectivity index (χ3n) is 6.74. The van der Waals surface area contributed by atoms with E-state index in [-0.39, 0.29) is 6.61 Å². The van der Waals surface area contributed by atoms with Gasteiger partial charge in [-0.2, -0.15) is 10.4 Å². The van der Waals surface area contributed by atoms with Crippen molar-refractivity contribution in [3.05, 3.63) is 47.3 Å². The number of anilines is 3. The highest BCUT2D eigenvalue weighted by atomic mass is 16.5. The van der Waals surface area contributed by atoms with Crippen LogP contribution in [0.3, 0.4) is 0 Å². The van der Waals surface area contributed by atoms with Crippen LogP contribution in [-0.4, -0.2) is 75.8 Å². The number of fused-ring (bicyclic) bond motifs is 1. The summed E-state index contributed by atoms with van der Waals surface area (Å²) in [4.78, 5) is 11.5. The minimum absolute atomic E-state index is 0.00824. The Balaban J connectivity index is 1.39. The fourth-order valence-corrected chi connectivity index (χ4v) is 4.64. The predicted octanol–water partition coefficient (Wildman–Crippen LogP) is 2.27. The Bertz CT molecular complexity index is 1260. The maximum absolute atomic E-state index is 9.98. The Morgan fingerprint density at radius 2 is 2.09 bits per heavy atom. The van der Waals surface area contributed by atoms with Crippen molar-refractivity contribution in [2.45, 2.75) is 25.8 Å². The van der Waals surface area contributed by atoms with Crippen LogP contribution in [0, 0.1) is 18.3 Å². The van der Waals surface area contributed by atoms with Gasteiger partial charge in [0.25, 0.3) is 0 Å². The van der Waals surface area contributed by atoms with E-state index in [9.17, 15) is 10.4 Å². The van der Waals surface area contributed by atoms with E-state index in [1.807, 2.05) is 42.8 Å². The van der Waals surface area contributed by atoms with E-state index in [1.54, 1.807) is 6.20 Å². The number of benzene rings is 1. The second-order valence-corrected chi connectivity index (χ2v) is 9.37. The molecule has 5 rings (SSSR count). The number of aromatic nitrogens is 4. The van der Waals surface area contributed by atoms with E-state index in [4.69, 9.17) is 9.72 Å². The number of ether oxygens (including phenoxy) is 1. The minimum atomic E-state index is -0.449. The van der Waals surface area contributed by atoms with E-state index < -0.39 is 5.41 Å². The molecule has 35 heavy (non-hydrogen) atoms. The summed E-state index contributed by atoms with van der Waals surface area (Å²) in [5, 5.41) is 30.9. The van der Waals surface area contributed by atoms with Gasteiger partial charge in [0.05, 0.1) is 49.0 Å². The van der Waals surface area contributed by atoms with Gasteiger partial charge in [-0.15, -0.1) is 0 Å². The van der Waals surface area contributed by atoms with Crippen molar-refractivity contribution in [2.24, 2.45) is 0 Å². The van der Waals surface area contributed by atoms with Crippen molar-refractivity contribution in [3.8, 4) is 17.3 Å². The van der Waals surface area contributed by atoms with Gasteiger partial charge in [0.15, 0.2) is 0 Å². The van der Waals surface area contributed by atoms with Crippen molar-refractivity contribution in [1.29, 1.82) is 5.26 Å². The number of rotatable bonds is 7. The molecular weight excluding hydrogens is 444 g/mol. The maximum Gasteiger partial charge on any atom is 0.228 e. The number of hydrogen-bond donors (Lipinski definition) is 3. The molecule has 182 valence electrons. The molecule has 1 saturated heterocycles. The molecule has 1 aromatic carbocycles. The van der Waals surface area contributed by atoms with Gasteiger partial charge in [-0.1, -0.05) is 6.92 Å². The van der Waals surface area contributed by atoms with E-state index >= 15 is 0 Å². The van der Waals surface area contributed by atoms with Crippen LogP contribution >= 0.6 is 0 Å². The van der Waals surface area contributed by atoms with E-state index in [1.165, 1.54) is 0 Å².